The summed E-state index contributed by atoms with van der Waals surface area (Å²) in [6, 6.07) is 0. The predicted molar refractivity (Wildman–Crippen MR) is 303 cm³/mol. The van der Waals surface area contributed by atoms with E-state index in [0.29, 0.717) is 19.3 Å². The first-order valence-electron chi connectivity index (χ1n) is 31.8. The van der Waals surface area contributed by atoms with Gasteiger partial charge in [-0.3, -0.25) is 14.4 Å². The maximum Gasteiger partial charge on any atom is 0.306 e. The van der Waals surface area contributed by atoms with Gasteiger partial charge in [-0.15, -0.1) is 0 Å². The van der Waals surface area contributed by atoms with Crippen molar-refractivity contribution in [1.82, 2.24) is 0 Å². The van der Waals surface area contributed by atoms with E-state index < -0.39 is 6.10 Å². The molecule has 0 aromatic carbocycles. The molecular weight excluding hydrogens is 865 g/mol. The first-order valence-corrected chi connectivity index (χ1v) is 31.8. The summed E-state index contributed by atoms with van der Waals surface area (Å²) in [5.41, 5.74) is 0. The Morgan fingerprint density at radius 1 is 0.300 bits per heavy atom. The van der Waals surface area contributed by atoms with Crippen LogP contribution in [0.5, 0.6) is 0 Å². The lowest BCUT2D eigenvalue weighted by molar-refractivity contribution is -0.167. The van der Waals surface area contributed by atoms with Gasteiger partial charge in [0.25, 0.3) is 0 Å². The van der Waals surface area contributed by atoms with Crippen LogP contribution in [0.25, 0.3) is 0 Å². The van der Waals surface area contributed by atoms with Gasteiger partial charge in [0.1, 0.15) is 13.2 Å². The Morgan fingerprint density at radius 2 is 0.543 bits per heavy atom. The summed E-state index contributed by atoms with van der Waals surface area (Å²) in [5, 5.41) is 0. The van der Waals surface area contributed by atoms with Gasteiger partial charge in [-0.2, -0.15) is 0 Å². The van der Waals surface area contributed by atoms with Gasteiger partial charge >= 0.3 is 17.9 Å². The zero-order valence-electron chi connectivity index (χ0n) is 48.2. The van der Waals surface area contributed by atoms with Crippen molar-refractivity contribution in [3.05, 3.63) is 0 Å². The lowest BCUT2D eigenvalue weighted by Crippen LogP contribution is -2.30. The van der Waals surface area contributed by atoms with Crippen LogP contribution in [0.3, 0.4) is 0 Å². The second kappa shape index (κ2) is 56.7. The lowest BCUT2D eigenvalue weighted by Gasteiger charge is -2.18. The SMILES string of the molecule is CCCCCCCCCCCCCCC(=O)OC[C@@H](COC(=O)CCCCCCCCCCCCCCCCCC(C)C)OC(=O)CCCCCCCCCCCCCCCCCCCCC(C)CC. The summed E-state index contributed by atoms with van der Waals surface area (Å²) in [4.78, 5) is 38.2. The number of carbonyl (C=O) groups excluding carboxylic acids is 3. The maximum atomic E-state index is 12.9. The minimum atomic E-state index is -0.763. The number of hydrogen-bond donors (Lipinski definition) is 0. The molecule has 0 heterocycles. The quantitative estimate of drug-likeness (QED) is 0.0343. The zero-order chi connectivity index (χ0) is 51.1. The van der Waals surface area contributed by atoms with Crippen LogP contribution in [0.1, 0.15) is 362 Å². The van der Waals surface area contributed by atoms with Crippen molar-refractivity contribution >= 4 is 17.9 Å². The fourth-order valence-corrected chi connectivity index (χ4v) is 9.90. The van der Waals surface area contributed by atoms with E-state index in [1.165, 1.54) is 250 Å². The van der Waals surface area contributed by atoms with E-state index in [0.717, 1.165) is 69.6 Å². The number of carbonyl (C=O) groups is 3. The molecule has 0 N–H and O–H groups in total. The third-order valence-corrected chi connectivity index (χ3v) is 15.1. The minimum absolute atomic E-state index is 0.0619. The van der Waals surface area contributed by atoms with Crippen LogP contribution in [0.2, 0.25) is 0 Å². The molecule has 0 fully saturated rings. The number of rotatable bonds is 58. The number of ether oxygens (including phenoxy) is 3. The molecule has 0 aliphatic heterocycles. The fraction of sp³-hybridized carbons (Fsp3) is 0.953. The van der Waals surface area contributed by atoms with Crippen molar-refractivity contribution in [2.45, 2.75) is 368 Å². The molecule has 0 spiro atoms. The Balaban J connectivity index is 4.24. The molecule has 0 radical (unpaired) electrons. The van der Waals surface area contributed by atoms with E-state index in [1.807, 2.05) is 0 Å². The maximum absolute atomic E-state index is 12.9. The van der Waals surface area contributed by atoms with Crippen molar-refractivity contribution in [2.75, 3.05) is 13.2 Å². The molecule has 6 nitrogen and oxygen atoms in total. The highest BCUT2D eigenvalue weighted by Gasteiger charge is 2.19. The second-order valence-corrected chi connectivity index (χ2v) is 22.8. The van der Waals surface area contributed by atoms with Gasteiger partial charge in [-0.05, 0) is 31.1 Å². The largest absolute Gasteiger partial charge is 0.462 e. The Morgan fingerprint density at radius 3 is 0.814 bits per heavy atom. The van der Waals surface area contributed by atoms with Gasteiger partial charge in [0.05, 0.1) is 0 Å². The Bertz CT molecular complexity index is 1070. The summed E-state index contributed by atoms with van der Waals surface area (Å²) in [6.07, 6.45) is 62.4. The molecule has 0 rings (SSSR count). The average molecular weight is 990 g/mol. The third kappa shape index (κ3) is 55.7. The summed E-state index contributed by atoms with van der Waals surface area (Å²) in [7, 11) is 0. The number of esters is 3. The monoisotopic (exact) mass is 989 g/mol. The molecule has 70 heavy (non-hydrogen) atoms. The van der Waals surface area contributed by atoms with Crippen LogP contribution in [-0.4, -0.2) is 37.2 Å². The molecule has 2 atom stereocenters. The van der Waals surface area contributed by atoms with Crippen LogP contribution in [0.15, 0.2) is 0 Å². The molecule has 0 aliphatic rings. The van der Waals surface area contributed by atoms with Crippen molar-refractivity contribution < 1.29 is 28.6 Å². The summed E-state index contributed by atoms with van der Waals surface area (Å²) in [6.45, 7) is 11.5. The highest BCUT2D eigenvalue weighted by molar-refractivity contribution is 5.71. The van der Waals surface area contributed by atoms with E-state index in [9.17, 15) is 14.4 Å². The van der Waals surface area contributed by atoms with Crippen LogP contribution in [-0.2, 0) is 28.6 Å². The summed E-state index contributed by atoms with van der Waals surface area (Å²) >= 11 is 0. The van der Waals surface area contributed by atoms with Gasteiger partial charge in [-0.25, -0.2) is 0 Å². The van der Waals surface area contributed by atoms with E-state index in [1.54, 1.807) is 0 Å². The van der Waals surface area contributed by atoms with Crippen LogP contribution in [0, 0.1) is 11.8 Å². The van der Waals surface area contributed by atoms with Crippen molar-refractivity contribution in [3.8, 4) is 0 Å². The molecule has 0 aliphatic carbocycles. The van der Waals surface area contributed by atoms with Crippen molar-refractivity contribution in [2.24, 2.45) is 11.8 Å². The second-order valence-electron chi connectivity index (χ2n) is 22.8. The normalized spacial score (nSPS) is 12.4. The smallest absolute Gasteiger partial charge is 0.306 e. The molecule has 0 saturated carbocycles. The topological polar surface area (TPSA) is 78.9 Å². The zero-order valence-corrected chi connectivity index (χ0v) is 48.2. The molecular formula is C64H124O6. The number of unbranched alkanes of at least 4 members (excludes halogenated alkanes) is 42. The van der Waals surface area contributed by atoms with Crippen LogP contribution in [0.4, 0.5) is 0 Å². The Hall–Kier alpha value is -1.59. The Kier molecular flexibility index (Phi) is 55.4. The first-order chi connectivity index (χ1) is 34.3. The van der Waals surface area contributed by atoms with Gasteiger partial charge in [0.15, 0.2) is 6.10 Å². The molecule has 6 heteroatoms. The highest BCUT2D eigenvalue weighted by atomic mass is 16.6. The molecule has 0 aromatic rings. The first kappa shape index (κ1) is 68.4. The van der Waals surface area contributed by atoms with Gasteiger partial charge in [0.2, 0.25) is 0 Å². The predicted octanol–water partition coefficient (Wildman–Crippen LogP) is 21.2. The lowest BCUT2D eigenvalue weighted by atomic mass is 9.99. The molecule has 0 aromatic heterocycles. The number of hydrogen-bond acceptors (Lipinski definition) is 6. The molecule has 0 amide bonds. The third-order valence-electron chi connectivity index (χ3n) is 15.1. The average Bonchev–Trinajstić information content (AvgIpc) is 3.35. The van der Waals surface area contributed by atoms with E-state index in [-0.39, 0.29) is 31.1 Å². The van der Waals surface area contributed by atoms with Crippen LogP contribution < -0.4 is 0 Å². The van der Waals surface area contributed by atoms with Gasteiger partial charge in [0, 0.05) is 19.3 Å². The minimum Gasteiger partial charge on any atom is -0.462 e. The van der Waals surface area contributed by atoms with Crippen LogP contribution >= 0.6 is 0 Å². The van der Waals surface area contributed by atoms with Gasteiger partial charge < -0.3 is 14.2 Å². The highest BCUT2D eigenvalue weighted by Crippen LogP contribution is 2.19. The summed E-state index contributed by atoms with van der Waals surface area (Å²) in [5.74, 6) is 0.926. The molecule has 1 unspecified atom stereocenters. The Labute approximate surface area is 438 Å². The van der Waals surface area contributed by atoms with Gasteiger partial charge in [-0.1, -0.05) is 324 Å². The summed E-state index contributed by atoms with van der Waals surface area (Å²) < 4.78 is 16.9. The molecule has 0 saturated heterocycles. The molecule has 416 valence electrons. The fourth-order valence-electron chi connectivity index (χ4n) is 9.90. The van der Waals surface area contributed by atoms with E-state index in [4.69, 9.17) is 14.2 Å². The van der Waals surface area contributed by atoms with Crippen molar-refractivity contribution in [3.63, 3.8) is 0 Å². The van der Waals surface area contributed by atoms with E-state index >= 15 is 0 Å². The van der Waals surface area contributed by atoms with Crippen molar-refractivity contribution in [1.29, 1.82) is 0 Å². The van der Waals surface area contributed by atoms with E-state index in [2.05, 4.69) is 34.6 Å². The standard InChI is InChI=1S/C64H124O6/c1-6-8-9-10-11-12-13-29-34-39-44-49-54-62(65)68-57-61(58-69-63(66)55-50-45-40-35-30-25-22-18-19-23-27-32-37-42-47-52-59(3)4)70-64(67)56-51-46-41-36-31-26-21-17-15-14-16-20-24-28-33-38-43-48-53-60(5)7-2/h59-61H,6-58H2,1-5H3/t60?,61-/m0/s1. The molecule has 0 bridgehead atoms.